The van der Waals surface area contributed by atoms with Gasteiger partial charge in [-0.05, 0) is 43.9 Å². The molecule has 1 aliphatic heterocycles. The summed E-state index contributed by atoms with van der Waals surface area (Å²) in [4.78, 5) is 21.5. The van der Waals surface area contributed by atoms with Gasteiger partial charge in [0, 0.05) is 18.4 Å². The third kappa shape index (κ3) is 2.82. The number of hydrogen-bond donors (Lipinski definition) is 1. The predicted molar refractivity (Wildman–Crippen MR) is 77.4 cm³/mol. The van der Waals surface area contributed by atoms with Gasteiger partial charge in [-0.25, -0.2) is 9.37 Å². The zero-order valence-corrected chi connectivity index (χ0v) is 12.0. The van der Waals surface area contributed by atoms with Gasteiger partial charge in [0.15, 0.2) is 5.82 Å². The molecule has 0 saturated carbocycles. The summed E-state index contributed by atoms with van der Waals surface area (Å²) < 4.78 is 13.5. The summed E-state index contributed by atoms with van der Waals surface area (Å²) in [6.45, 7) is 2.55. The fourth-order valence-electron chi connectivity index (χ4n) is 2.89. The Morgan fingerprint density at radius 3 is 3.00 bits per heavy atom. The maximum atomic E-state index is 13.5. The largest absolute Gasteiger partial charge is 0.338 e. The molecule has 5 heteroatoms. The average molecular weight is 287 g/mol. The molecular weight excluding hydrogens is 269 g/mol. The average Bonchev–Trinajstić information content (AvgIpc) is 2.93. The summed E-state index contributed by atoms with van der Waals surface area (Å²) >= 11 is 0. The Morgan fingerprint density at radius 2 is 2.29 bits per heavy atom. The van der Waals surface area contributed by atoms with Crippen molar-refractivity contribution in [3.63, 3.8) is 0 Å². The molecule has 0 bridgehead atoms. The van der Waals surface area contributed by atoms with Crippen molar-refractivity contribution in [2.24, 2.45) is 0 Å². The van der Waals surface area contributed by atoms with E-state index in [1.54, 1.807) is 17.2 Å². The van der Waals surface area contributed by atoms with Crippen LogP contribution < -0.4 is 0 Å². The van der Waals surface area contributed by atoms with Crippen LogP contribution in [0, 0.1) is 12.7 Å². The summed E-state index contributed by atoms with van der Waals surface area (Å²) in [6.07, 6.45) is 4.52. The minimum atomic E-state index is -0.265. The van der Waals surface area contributed by atoms with E-state index in [2.05, 4.69) is 9.97 Å². The molecule has 0 aliphatic carbocycles. The molecule has 1 aromatic carbocycles. The normalized spacial score (nSPS) is 18.8. The lowest BCUT2D eigenvalue weighted by atomic mass is 9.95. The molecule has 3 rings (SSSR count). The fraction of sp³-hybridized carbons (Fsp3) is 0.375. The molecule has 1 fully saturated rings. The molecule has 21 heavy (non-hydrogen) atoms. The summed E-state index contributed by atoms with van der Waals surface area (Å²) in [5, 5.41) is 0. The van der Waals surface area contributed by atoms with Gasteiger partial charge in [0.05, 0.1) is 6.04 Å². The van der Waals surface area contributed by atoms with E-state index in [1.807, 2.05) is 13.0 Å². The van der Waals surface area contributed by atoms with Crippen molar-refractivity contribution in [2.75, 3.05) is 6.54 Å². The van der Waals surface area contributed by atoms with Gasteiger partial charge >= 0.3 is 0 Å². The van der Waals surface area contributed by atoms with Crippen LogP contribution in [0.3, 0.4) is 0 Å². The molecule has 0 unspecified atom stereocenters. The highest BCUT2D eigenvalue weighted by atomic mass is 19.1. The van der Waals surface area contributed by atoms with E-state index >= 15 is 0 Å². The first-order valence-electron chi connectivity index (χ1n) is 7.23. The molecule has 1 aliphatic rings. The third-order valence-electron chi connectivity index (χ3n) is 3.90. The Bertz CT molecular complexity index is 652. The van der Waals surface area contributed by atoms with Crippen molar-refractivity contribution < 1.29 is 9.18 Å². The summed E-state index contributed by atoms with van der Waals surface area (Å²) in [6, 6.07) is 6.44. The van der Waals surface area contributed by atoms with E-state index in [4.69, 9.17) is 0 Å². The van der Waals surface area contributed by atoms with Gasteiger partial charge < -0.3 is 9.88 Å². The van der Waals surface area contributed by atoms with Gasteiger partial charge in [-0.15, -0.1) is 0 Å². The first-order valence-corrected chi connectivity index (χ1v) is 7.23. The maximum absolute atomic E-state index is 13.5. The Balaban J connectivity index is 1.89. The molecular formula is C16H18FN3O. The molecule has 1 saturated heterocycles. The van der Waals surface area contributed by atoms with Crippen LogP contribution in [0.15, 0.2) is 30.5 Å². The van der Waals surface area contributed by atoms with Crippen LogP contribution in [0.4, 0.5) is 4.39 Å². The summed E-state index contributed by atoms with van der Waals surface area (Å²) in [5.41, 5.74) is 1.71. The second kappa shape index (κ2) is 5.68. The van der Waals surface area contributed by atoms with E-state index in [1.165, 1.54) is 12.1 Å². The number of carbonyl (C=O) groups excluding carboxylic acids is 1. The second-order valence-electron chi connectivity index (χ2n) is 5.48. The zero-order chi connectivity index (χ0) is 14.8. The van der Waals surface area contributed by atoms with Crippen molar-refractivity contribution in [2.45, 2.75) is 32.2 Å². The van der Waals surface area contributed by atoms with Crippen LogP contribution in [0.1, 0.15) is 47.2 Å². The molecule has 110 valence electrons. The number of likely N-dealkylation sites (tertiary alicyclic amines) is 1. The Labute approximate surface area is 123 Å². The molecule has 2 heterocycles. The second-order valence-corrected chi connectivity index (χ2v) is 5.48. The molecule has 1 N–H and O–H groups in total. The van der Waals surface area contributed by atoms with E-state index in [0.29, 0.717) is 12.4 Å². The van der Waals surface area contributed by atoms with Crippen molar-refractivity contribution in [3.8, 4) is 0 Å². The van der Waals surface area contributed by atoms with Crippen LogP contribution in [-0.4, -0.2) is 27.3 Å². The number of H-pyrrole nitrogens is 1. The van der Waals surface area contributed by atoms with E-state index < -0.39 is 0 Å². The maximum Gasteiger partial charge on any atom is 0.290 e. The SMILES string of the molecule is Cc1cnc(C(=O)N2CCCC[C@@H]2c2cccc(F)c2)[nH]1. The van der Waals surface area contributed by atoms with Crippen molar-refractivity contribution in [3.05, 3.63) is 53.4 Å². The molecule has 2 aromatic rings. The first kappa shape index (κ1) is 13.8. The number of imidazole rings is 1. The number of piperidine rings is 1. The van der Waals surface area contributed by atoms with Gasteiger partial charge in [0.25, 0.3) is 5.91 Å². The Hall–Kier alpha value is -2.17. The number of aryl methyl sites for hydroxylation is 1. The topological polar surface area (TPSA) is 49.0 Å². The number of halogens is 1. The Kier molecular flexibility index (Phi) is 3.73. The third-order valence-corrected chi connectivity index (χ3v) is 3.90. The van der Waals surface area contributed by atoms with Crippen LogP contribution in [0.25, 0.3) is 0 Å². The highest BCUT2D eigenvalue weighted by Crippen LogP contribution is 2.32. The number of hydrogen-bond acceptors (Lipinski definition) is 2. The van der Waals surface area contributed by atoms with Crippen LogP contribution in [0.2, 0.25) is 0 Å². The number of nitrogens with zero attached hydrogens (tertiary/aromatic N) is 2. The molecule has 1 aromatic heterocycles. The van der Waals surface area contributed by atoms with Gasteiger partial charge in [0.2, 0.25) is 0 Å². The van der Waals surface area contributed by atoms with E-state index in [-0.39, 0.29) is 17.8 Å². The number of aromatic nitrogens is 2. The van der Waals surface area contributed by atoms with Crippen LogP contribution in [0.5, 0.6) is 0 Å². The quantitative estimate of drug-likeness (QED) is 0.922. The van der Waals surface area contributed by atoms with Crippen LogP contribution in [-0.2, 0) is 0 Å². The van der Waals surface area contributed by atoms with Crippen LogP contribution >= 0.6 is 0 Å². The van der Waals surface area contributed by atoms with Gasteiger partial charge in [-0.2, -0.15) is 0 Å². The molecule has 1 amide bonds. The van der Waals surface area contributed by atoms with E-state index in [9.17, 15) is 9.18 Å². The lowest BCUT2D eigenvalue weighted by molar-refractivity contribution is 0.0599. The number of rotatable bonds is 2. The van der Waals surface area contributed by atoms with Crippen molar-refractivity contribution in [1.29, 1.82) is 0 Å². The van der Waals surface area contributed by atoms with Gasteiger partial charge in [-0.3, -0.25) is 4.79 Å². The minimum absolute atomic E-state index is 0.0765. The fourth-order valence-corrected chi connectivity index (χ4v) is 2.89. The highest BCUT2D eigenvalue weighted by molar-refractivity contribution is 5.91. The first-order chi connectivity index (χ1) is 10.1. The van der Waals surface area contributed by atoms with Crippen molar-refractivity contribution >= 4 is 5.91 Å². The molecule has 0 spiro atoms. The number of nitrogens with one attached hydrogen (secondary N) is 1. The summed E-state index contributed by atoms with van der Waals surface area (Å²) in [5.74, 6) is -0.0211. The van der Waals surface area contributed by atoms with Gasteiger partial charge in [0.1, 0.15) is 5.82 Å². The number of amides is 1. The summed E-state index contributed by atoms with van der Waals surface area (Å²) in [7, 11) is 0. The smallest absolute Gasteiger partial charge is 0.290 e. The highest BCUT2D eigenvalue weighted by Gasteiger charge is 2.30. The predicted octanol–water partition coefficient (Wildman–Crippen LogP) is 3.22. The standard InChI is InChI=1S/C16H18FN3O/c1-11-10-18-15(19-11)16(21)20-8-3-2-7-14(20)12-5-4-6-13(17)9-12/h4-6,9-10,14H,2-3,7-8H2,1H3,(H,18,19)/t14-/m1/s1. The Morgan fingerprint density at radius 1 is 1.43 bits per heavy atom. The lowest BCUT2D eigenvalue weighted by Gasteiger charge is -2.35. The van der Waals surface area contributed by atoms with E-state index in [0.717, 1.165) is 30.5 Å². The monoisotopic (exact) mass is 287 g/mol. The number of aromatic amines is 1. The number of benzene rings is 1. The molecule has 0 radical (unpaired) electrons. The zero-order valence-electron chi connectivity index (χ0n) is 12.0. The van der Waals surface area contributed by atoms with Gasteiger partial charge in [-0.1, -0.05) is 12.1 Å². The number of carbonyl (C=O) groups is 1. The van der Waals surface area contributed by atoms with Crippen molar-refractivity contribution in [1.82, 2.24) is 14.9 Å². The molecule has 4 nitrogen and oxygen atoms in total. The lowest BCUT2D eigenvalue weighted by Crippen LogP contribution is -2.39. The molecule has 1 atom stereocenters. The minimum Gasteiger partial charge on any atom is -0.338 e.